The Kier molecular flexibility index (Phi) is 6.60. The molecule has 0 spiro atoms. The Balaban J connectivity index is 1.80. The number of carbonyl (C=O) groups is 1. The molecule has 0 aliphatic rings. The standard InChI is InChI=1S/C23H23FN2O4S/c1-25(16-17-7-9-19(24)10-8-17)23(27)18-5-4-6-20(15-18)26(2)31(28,29)22-13-11-21(30-3)12-14-22/h4-15H,16H2,1-3H3. The second kappa shape index (κ2) is 9.18. The van der Waals surface area contributed by atoms with Gasteiger partial charge < -0.3 is 9.64 Å². The smallest absolute Gasteiger partial charge is 0.264 e. The number of benzene rings is 3. The van der Waals surface area contributed by atoms with Gasteiger partial charge in [0, 0.05) is 26.2 Å². The molecule has 162 valence electrons. The van der Waals surface area contributed by atoms with E-state index in [2.05, 4.69) is 0 Å². The molecule has 0 unspecified atom stereocenters. The van der Waals surface area contributed by atoms with E-state index in [1.807, 2.05) is 0 Å². The van der Waals surface area contributed by atoms with Crippen molar-refractivity contribution in [3.63, 3.8) is 0 Å². The van der Waals surface area contributed by atoms with Gasteiger partial charge in [0.1, 0.15) is 11.6 Å². The number of rotatable bonds is 7. The van der Waals surface area contributed by atoms with E-state index in [9.17, 15) is 17.6 Å². The molecule has 0 fully saturated rings. The molecule has 0 atom stereocenters. The van der Waals surface area contributed by atoms with Crippen molar-refractivity contribution in [2.24, 2.45) is 0 Å². The predicted molar refractivity (Wildman–Crippen MR) is 117 cm³/mol. The number of amides is 1. The number of nitrogens with zero attached hydrogens (tertiary/aromatic N) is 2. The second-order valence-electron chi connectivity index (χ2n) is 6.99. The van der Waals surface area contributed by atoms with Crippen molar-refractivity contribution in [2.45, 2.75) is 11.4 Å². The molecule has 8 heteroatoms. The van der Waals surface area contributed by atoms with Crippen LogP contribution in [0.15, 0.2) is 77.7 Å². The van der Waals surface area contributed by atoms with Gasteiger partial charge in [-0.25, -0.2) is 12.8 Å². The largest absolute Gasteiger partial charge is 0.497 e. The number of hydrogen-bond acceptors (Lipinski definition) is 4. The van der Waals surface area contributed by atoms with Gasteiger partial charge in [-0.1, -0.05) is 18.2 Å². The number of methoxy groups -OCH3 is 1. The first-order valence-electron chi connectivity index (χ1n) is 9.45. The highest BCUT2D eigenvalue weighted by Crippen LogP contribution is 2.25. The van der Waals surface area contributed by atoms with Crippen LogP contribution in [0.2, 0.25) is 0 Å². The van der Waals surface area contributed by atoms with Gasteiger partial charge in [-0.3, -0.25) is 9.10 Å². The van der Waals surface area contributed by atoms with Gasteiger partial charge in [-0.2, -0.15) is 0 Å². The summed E-state index contributed by atoms with van der Waals surface area (Å²) >= 11 is 0. The molecule has 0 bridgehead atoms. The van der Waals surface area contributed by atoms with Crippen LogP contribution < -0.4 is 9.04 Å². The molecular weight excluding hydrogens is 419 g/mol. The Morgan fingerprint density at radius 1 is 0.968 bits per heavy atom. The molecule has 0 saturated carbocycles. The highest BCUT2D eigenvalue weighted by Gasteiger charge is 2.22. The fourth-order valence-electron chi connectivity index (χ4n) is 3.04. The minimum atomic E-state index is -3.81. The lowest BCUT2D eigenvalue weighted by Gasteiger charge is -2.22. The summed E-state index contributed by atoms with van der Waals surface area (Å²) in [6, 6.07) is 18.4. The Bertz CT molecular complexity index is 1160. The van der Waals surface area contributed by atoms with Crippen LogP contribution in [-0.2, 0) is 16.6 Å². The van der Waals surface area contributed by atoms with Crippen molar-refractivity contribution in [3.05, 3.63) is 89.7 Å². The molecule has 0 aliphatic carbocycles. The lowest BCUT2D eigenvalue weighted by Crippen LogP contribution is -2.28. The molecule has 0 radical (unpaired) electrons. The van der Waals surface area contributed by atoms with E-state index in [0.29, 0.717) is 23.5 Å². The molecule has 0 heterocycles. The highest BCUT2D eigenvalue weighted by molar-refractivity contribution is 7.92. The summed E-state index contributed by atoms with van der Waals surface area (Å²) in [5, 5.41) is 0. The van der Waals surface area contributed by atoms with Crippen molar-refractivity contribution in [1.82, 2.24) is 4.90 Å². The van der Waals surface area contributed by atoms with E-state index in [1.165, 1.54) is 49.4 Å². The summed E-state index contributed by atoms with van der Waals surface area (Å²) in [4.78, 5) is 14.5. The zero-order valence-corrected chi connectivity index (χ0v) is 18.3. The third kappa shape index (κ3) is 5.03. The van der Waals surface area contributed by atoms with Crippen LogP contribution in [0.25, 0.3) is 0 Å². The van der Waals surface area contributed by atoms with E-state index in [1.54, 1.807) is 49.5 Å². The zero-order chi connectivity index (χ0) is 22.6. The number of hydrogen-bond donors (Lipinski definition) is 0. The van der Waals surface area contributed by atoms with Gasteiger partial charge >= 0.3 is 0 Å². The summed E-state index contributed by atoms with van der Waals surface area (Å²) in [6.45, 7) is 0.295. The van der Waals surface area contributed by atoms with Crippen LogP contribution in [0.4, 0.5) is 10.1 Å². The molecule has 0 saturated heterocycles. The second-order valence-corrected chi connectivity index (χ2v) is 8.96. The van der Waals surface area contributed by atoms with Gasteiger partial charge in [-0.15, -0.1) is 0 Å². The Morgan fingerprint density at radius 3 is 2.23 bits per heavy atom. The minimum absolute atomic E-state index is 0.112. The topological polar surface area (TPSA) is 66.9 Å². The molecular formula is C23H23FN2O4S. The molecule has 0 aliphatic heterocycles. The number of halogens is 1. The van der Waals surface area contributed by atoms with Gasteiger partial charge in [-0.05, 0) is 60.2 Å². The lowest BCUT2D eigenvalue weighted by molar-refractivity contribution is 0.0785. The number of ether oxygens (including phenoxy) is 1. The van der Waals surface area contributed by atoms with E-state index >= 15 is 0 Å². The number of sulfonamides is 1. The first-order valence-corrected chi connectivity index (χ1v) is 10.9. The van der Waals surface area contributed by atoms with Crippen LogP contribution in [0.3, 0.4) is 0 Å². The summed E-state index contributed by atoms with van der Waals surface area (Å²) in [6.07, 6.45) is 0. The fourth-order valence-corrected chi connectivity index (χ4v) is 4.22. The molecule has 3 aromatic carbocycles. The molecule has 1 amide bonds. The first-order chi connectivity index (χ1) is 14.7. The lowest BCUT2D eigenvalue weighted by atomic mass is 10.1. The highest BCUT2D eigenvalue weighted by atomic mass is 32.2. The van der Waals surface area contributed by atoms with Crippen LogP contribution in [0.1, 0.15) is 15.9 Å². The van der Waals surface area contributed by atoms with Crippen molar-refractivity contribution >= 4 is 21.6 Å². The van der Waals surface area contributed by atoms with E-state index in [-0.39, 0.29) is 16.6 Å². The Hall–Kier alpha value is -3.39. The van der Waals surface area contributed by atoms with Crippen molar-refractivity contribution in [3.8, 4) is 5.75 Å². The number of carbonyl (C=O) groups excluding carboxylic acids is 1. The van der Waals surface area contributed by atoms with E-state index in [0.717, 1.165) is 9.87 Å². The monoisotopic (exact) mass is 442 g/mol. The summed E-state index contributed by atoms with van der Waals surface area (Å²) in [5.41, 5.74) is 1.49. The normalized spacial score (nSPS) is 11.1. The van der Waals surface area contributed by atoms with Gasteiger partial charge in [0.05, 0.1) is 17.7 Å². The van der Waals surface area contributed by atoms with Gasteiger partial charge in [0.25, 0.3) is 15.9 Å². The van der Waals surface area contributed by atoms with Gasteiger partial charge in [0.15, 0.2) is 0 Å². The average molecular weight is 443 g/mol. The Morgan fingerprint density at radius 2 is 1.61 bits per heavy atom. The maximum atomic E-state index is 13.1. The quantitative estimate of drug-likeness (QED) is 0.556. The predicted octanol–water partition coefficient (Wildman–Crippen LogP) is 3.93. The summed E-state index contributed by atoms with van der Waals surface area (Å²) in [5.74, 6) is -0.0636. The minimum Gasteiger partial charge on any atom is -0.497 e. The summed E-state index contributed by atoms with van der Waals surface area (Å²) < 4.78 is 45.2. The first kappa shape index (κ1) is 22.3. The van der Waals surface area contributed by atoms with E-state index < -0.39 is 10.0 Å². The van der Waals surface area contributed by atoms with Crippen LogP contribution >= 0.6 is 0 Å². The molecule has 3 rings (SSSR count). The third-order valence-electron chi connectivity index (χ3n) is 4.85. The molecule has 6 nitrogen and oxygen atoms in total. The molecule has 3 aromatic rings. The number of anilines is 1. The maximum absolute atomic E-state index is 13.1. The summed E-state index contributed by atoms with van der Waals surface area (Å²) in [7, 11) is 0.761. The van der Waals surface area contributed by atoms with Crippen molar-refractivity contribution in [1.29, 1.82) is 0 Å². The fraction of sp³-hybridized carbons (Fsp3) is 0.174. The van der Waals surface area contributed by atoms with Crippen molar-refractivity contribution < 1.29 is 22.3 Å². The third-order valence-corrected chi connectivity index (χ3v) is 6.65. The van der Waals surface area contributed by atoms with Crippen LogP contribution in [0, 0.1) is 5.82 Å². The van der Waals surface area contributed by atoms with Crippen LogP contribution in [-0.4, -0.2) is 40.4 Å². The average Bonchev–Trinajstić information content (AvgIpc) is 2.79. The SMILES string of the molecule is COc1ccc(S(=O)(=O)N(C)c2cccc(C(=O)N(C)Cc3ccc(F)cc3)c2)cc1. The molecule has 31 heavy (non-hydrogen) atoms. The zero-order valence-electron chi connectivity index (χ0n) is 17.4. The molecule has 0 aromatic heterocycles. The van der Waals surface area contributed by atoms with Gasteiger partial charge in [0.2, 0.25) is 0 Å². The van der Waals surface area contributed by atoms with Crippen molar-refractivity contribution in [2.75, 3.05) is 25.5 Å². The van der Waals surface area contributed by atoms with E-state index in [4.69, 9.17) is 4.74 Å². The van der Waals surface area contributed by atoms with Crippen LogP contribution in [0.5, 0.6) is 5.75 Å². The Labute approximate surface area is 181 Å². The molecule has 0 N–H and O–H groups in total. The maximum Gasteiger partial charge on any atom is 0.264 e.